The van der Waals surface area contributed by atoms with Gasteiger partial charge in [0.15, 0.2) is 0 Å². The lowest BCUT2D eigenvalue weighted by Gasteiger charge is -2.15. The summed E-state index contributed by atoms with van der Waals surface area (Å²) in [7, 11) is 0. The van der Waals surface area contributed by atoms with Gasteiger partial charge >= 0.3 is 0 Å². The van der Waals surface area contributed by atoms with Gasteiger partial charge in [-0.15, -0.1) is 0 Å². The minimum atomic E-state index is 0.0911. The fraction of sp³-hybridized carbons (Fsp3) is 0.455. The Labute approximate surface area is 86.9 Å². The molecule has 1 aliphatic rings. The predicted molar refractivity (Wildman–Crippen MR) is 56.9 cm³/mol. The molecule has 0 spiro atoms. The van der Waals surface area contributed by atoms with Gasteiger partial charge in [0.25, 0.3) is 0 Å². The van der Waals surface area contributed by atoms with Gasteiger partial charge in [-0.05, 0) is 37.0 Å². The van der Waals surface area contributed by atoms with Crippen LogP contribution in [0.15, 0.2) is 22.7 Å². The van der Waals surface area contributed by atoms with Crippen LogP contribution in [0.5, 0.6) is 0 Å². The molecule has 0 amide bonds. The van der Waals surface area contributed by atoms with Crippen LogP contribution in [-0.4, -0.2) is 11.7 Å². The molecule has 70 valence electrons. The first-order valence-corrected chi connectivity index (χ1v) is 5.35. The molecule has 0 saturated heterocycles. The third kappa shape index (κ3) is 1.42. The molecule has 0 bridgehead atoms. The summed E-state index contributed by atoms with van der Waals surface area (Å²) in [6, 6.07) is 6.22. The van der Waals surface area contributed by atoms with Gasteiger partial charge in [-0.3, -0.25) is 0 Å². The maximum Gasteiger partial charge on any atom is 0.0528 e. The van der Waals surface area contributed by atoms with Crippen LogP contribution in [0.2, 0.25) is 0 Å². The molecular formula is C11H13BrO. The summed E-state index contributed by atoms with van der Waals surface area (Å²) >= 11 is 3.51. The summed E-state index contributed by atoms with van der Waals surface area (Å²) in [5, 5.41) is 9.31. The SMILES string of the molecule is Cc1c(Br)cccc1C1(CO)CC1. The Morgan fingerprint density at radius 1 is 1.46 bits per heavy atom. The number of hydrogen-bond acceptors (Lipinski definition) is 1. The van der Waals surface area contributed by atoms with Crippen molar-refractivity contribution >= 4 is 15.9 Å². The molecular weight excluding hydrogens is 228 g/mol. The number of aliphatic hydroxyl groups excluding tert-OH is 1. The fourth-order valence-electron chi connectivity index (χ4n) is 1.85. The third-order valence-electron chi connectivity index (χ3n) is 3.00. The average Bonchev–Trinajstić information content (AvgIpc) is 2.90. The standard InChI is InChI=1S/C11H13BrO/c1-8-9(3-2-4-10(8)12)11(7-13)5-6-11/h2-4,13H,5-7H2,1H3. The normalized spacial score (nSPS) is 18.7. The van der Waals surface area contributed by atoms with E-state index >= 15 is 0 Å². The summed E-state index contributed by atoms with van der Waals surface area (Å²) in [5.41, 5.74) is 2.67. The minimum Gasteiger partial charge on any atom is -0.395 e. The van der Waals surface area contributed by atoms with Crippen molar-refractivity contribution in [2.45, 2.75) is 25.2 Å². The van der Waals surface area contributed by atoms with Crippen molar-refractivity contribution in [2.75, 3.05) is 6.61 Å². The maximum absolute atomic E-state index is 9.31. The highest BCUT2D eigenvalue weighted by Gasteiger charge is 2.44. The lowest BCUT2D eigenvalue weighted by Crippen LogP contribution is -2.13. The van der Waals surface area contributed by atoms with Crippen LogP contribution >= 0.6 is 15.9 Å². The molecule has 13 heavy (non-hydrogen) atoms. The first kappa shape index (κ1) is 9.22. The van der Waals surface area contributed by atoms with E-state index in [4.69, 9.17) is 0 Å². The topological polar surface area (TPSA) is 20.2 Å². The molecule has 0 radical (unpaired) electrons. The zero-order valence-corrected chi connectivity index (χ0v) is 9.26. The maximum atomic E-state index is 9.31. The van der Waals surface area contributed by atoms with Gasteiger partial charge in [0, 0.05) is 9.89 Å². The van der Waals surface area contributed by atoms with Crippen molar-refractivity contribution < 1.29 is 5.11 Å². The predicted octanol–water partition coefficient (Wildman–Crippen LogP) is 2.78. The Bertz CT molecular complexity index is 329. The second-order valence-corrected chi connectivity index (χ2v) is 4.71. The van der Waals surface area contributed by atoms with Gasteiger partial charge in [-0.1, -0.05) is 28.1 Å². The van der Waals surface area contributed by atoms with Crippen LogP contribution in [-0.2, 0) is 5.41 Å². The van der Waals surface area contributed by atoms with Gasteiger partial charge in [0.05, 0.1) is 6.61 Å². The quantitative estimate of drug-likeness (QED) is 0.844. The molecule has 0 aliphatic heterocycles. The zero-order chi connectivity index (χ0) is 9.47. The van der Waals surface area contributed by atoms with E-state index in [0.717, 1.165) is 17.3 Å². The van der Waals surface area contributed by atoms with Crippen LogP contribution in [0.1, 0.15) is 24.0 Å². The molecule has 2 heteroatoms. The molecule has 1 aliphatic carbocycles. The molecule has 0 aromatic heterocycles. The molecule has 0 heterocycles. The van der Waals surface area contributed by atoms with Gasteiger partial charge in [-0.25, -0.2) is 0 Å². The molecule has 1 nitrogen and oxygen atoms in total. The van der Waals surface area contributed by atoms with Crippen molar-refractivity contribution in [1.29, 1.82) is 0 Å². The van der Waals surface area contributed by atoms with E-state index in [-0.39, 0.29) is 12.0 Å². The first-order chi connectivity index (χ1) is 6.19. The second-order valence-electron chi connectivity index (χ2n) is 3.85. The lowest BCUT2D eigenvalue weighted by molar-refractivity contribution is 0.254. The van der Waals surface area contributed by atoms with E-state index in [2.05, 4.69) is 28.9 Å². The Morgan fingerprint density at radius 3 is 2.69 bits per heavy atom. The van der Waals surface area contributed by atoms with Crippen LogP contribution in [0, 0.1) is 6.92 Å². The molecule has 1 N–H and O–H groups in total. The molecule has 1 aromatic carbocycles. The number of aliphatic hydroxyl groups is 1. The van der Waals surface area contributed by atoms with Crippen LogP contribution < -0.4 is 0 Å². The number of rotatable bonds is 2. The average molecular weight is 241 g/mol. The first-order valence-electron chi connectivity index (χ1n) is 4.56. The van der Waals surface area contributed by atoms with E-state index < -0.39 is 0 Å². The van der Waals surface area contributed by atoms with Crippen molar-refractivity contribution in [3.63, 3.8) is 0 Å². The van der Waals surface area contributed by atoms with E-state index in [0.29, 0.717) is 0 Å². The summed E-state index contributed by atoms with van der Waals surface area (Å²) < 4.78 is 1.14. The molecule has 1 fully saturated rings. The molecule has 2 rings (SSSR count). The Hall–Kier alpha value is -0.340. The van der Waals surface area contributed by atoms with Gasteiger partial charge in [0.2, 0.25) is 0 Å². The minimum absolute atomic E-state index is 0.0911. The monoisotopic (exact) mass is 240 g/mol. The Morgan fingerprint density at radius 2 is 2.15 bits per heavy atom. The van der Waals surface area contributed by atoms with Crippen LogP contribution in [0.3, 0.4) is 0 Å². The number of benzene rings is 1. The van der Waals surface area contributed by atoms with Crippen LogP contribution in [0.25, 0.3) is 0 Å². The van der Waals surface area contributed by atoms with Crippen molar-refractivity contribution in [3.8, 4) is 0 Å². The Balaban J connectivity index is 2.46. The largest absolute Gasteiger partial charge is 0.395 e. The highest BCUT2D eigenvalue weighted by molar-refractivity contribution is 9.10. The second kappa shape index (κ2) is 3.10. The fourth-order valence-corrected chi connectivity index (χ4v) is 2.21. The lowest BCUT2D eigenvalue weighted by atomic mass is 9.93. The third-order valence-corrected chi connectivity index (χ3v) is 3.85. The summed E-state index contributed by atoms with van der Waals surface area (Å²) in [5.74, 6) is 0. The number of halogens is 1. The molecule has 1 aromatic rings. The highest BCUT2D eigenvalue weighted by atomic mass is 79.9. The summed E-state index contributed by atoms with van der Waals surface area (Å²) in [6.45, 7) is 2.39. The highest BCUT2D eigenvalue weighted by Crippen LogP contribution is 2.49. The number of hydrogen-bond donors (Lipinski definition) is 1. The van der Waals surface area contributed by atoms with E-state index in [9.17, 15) is 5.11 Å². The van der Waals surface area contributed by atoms with E-state index in [1.165, 1.54) is 11.1 Å². The van der Waals surface area contributed by atoms with Crippen molar-refractivity contribution in [3.05, 3.63) is 33.8 Å². The molecule has 0 atom stereocenters. The summed E-state index contributed by atoms with van der Waals surface area (Å²) in [6.07, 6.45) is 2.25. The van der Waals surface area contributed by atoms with Gasteiger partial charge in [-0.2, -0.15) is 0 Å². The van der Waals surface area contributed by atoms with E-state index in [1.807, 2.05) is 12.1 Å². The van der Waals surface area contributed by atoms with E-state index in [1.54, 1.807) is 0 Å². The van der Waals surface area contributed by atoms with Crippen molar-refractivity contribution in [1.82, 2.24) is 0 Å². The Kier molecular flexibility index (Phi) is 2.20. The smallest absolute Gasteiger partial charge is 0.0528 e. The zero-order valence-electron chi connectivity index (χ0n) is 7.68. The van der Waals surface area contributed by atoms with Gasteiger partial charge < -0.3 is 5.11 Å². The van der Waals surface area contributed by atoms with Gasteiger partial charge in [0.1, 0.15) is 0 Å². The van der Waals surface area contributed by atoms with Crippen LogP contribution in [0.4, 0.5) is 0 Å². The molecule has 1 saturated carbocycles. The summed E-state index contributed by atoms with van der Waals surface area (Å²) in [4.78, 5) is 0. The van der Waals surface area contributed by atoms with Crippen molar-refractivity contribution in [2.24, 2.45) is 0 Å². The molecule has 0 unspecified atom stereocenters.